The molecule has 53 heavy (non-hydrogen) atoms. The van der Waals surface area contributed by atoms with Gasteiger partial charge in [0.1, 0.15) is 30.3 Å². The largest absolute Gasteiger partial charge is 0.493 e. The number of guanidine groups is 1. The van der Waals surface area contributed by atoms with Crippen molar-refractivity contribution in [1.29, 1.82) is 0 Å². The molecule has 4 aliphatic carbocycles. The second-order valence-electron chi connectivity index (χ2n) is 15.7. The van der Waals surface area contributed by atoms with E-state index in [9.17, 15) is 29.1 Å². The lowest BCUT2D eigenvalue weighted by Gasteiger charge is -2.86. The van der Waals surface area contributed by atoms with Crippen molar-refractivity contribution in [2.45, 2.75) is 93.2 Å². The second kappa shape index (κ2) is 13.5. The molecule has 2 unspecified atom stereocenters. The van der Waals surface area contributed by atoms with Gasteiger partial charge in [0.15, 0.2) is 17.5 Å². The molecule has 4 amide bonds. The Hall–Kier alpha value is -4.84. The van der Waals surface area contributed by atoms with E-state index in [-0.39, 0.29) is 38.1 Å². The number of likely N-dealkylation sites (N-methyl/N-ethyl adjacent to an activating group) is 1. The summed E-state index contributed by atoms with van der Waals surface area (Å²) in [6, 6.07) is 2.86. The smallest absolute Gasteiger partial charge is 0.409 e. The average Bonchev–Trinajstić information content (AvgIpc) is 3.46. The second-order valence-corrected chi connectivity index (χ2v) is 15.7. The van der Waals surface area contributed by atoms with Crippen LogP contribution in [-0.2, 0) is 35.8 Å². The van der Waals surface area contributed by atoms with E-state index in [2.05, 4.69) is 25.8 Å². The number of fused-ring (bicyclic) bond motifs is 1. The predicted octanol–water partition coefficient (Wildman–Crippen LogP) is -1.45. The van der Waals surface area contributed by atoms with E-state index in [0.29, 0.717) is 37.2 Å². The summed E-state index contributed by atoms with van der Waals surface area (Å²) in [5, 5.41) is 28.7. The number of carbonyl (C=O) groups excluding carboxylic acids is 4. The van der Waals surface area contributed by atoms with Gasteiger partial charge in [0.05, 0.1) is 24.6 Å². The lowest BCUT2D eigenvalue weighted by atomic mass is 9.28. The summed E-state index contributed by atoms with van der Waals surface area (Å²) in [6.07, 6.45) is -0.232. The first-order chi connectivity index (χ1) is 24.9. The summed E-state index contributed by atoms with van der Waals surface area (Å²) in [6.45, 7) is 3.74. The number of nitrogens with one attached hydrogen (secondary N) is 3. The van der Waals surface area contributed by atoms with Gasteiger partial charge in [-0.1, -0.05) is 19.9 Å². The third-order valence-electron chi connectivity index (χ3n) is 11.8. The highest BCUT2D eigenvalue weighted by atomic mass is 16.6. The predicted molar refractivity (Wildman–Crippen MR) is 188 cm³/mol. The number of ether oxygens (including phenoxy) is 3. The van der Waals surface area contributed by atoms with Crippen molar-refractivity contribution in [3.63, 3.8) is 0 Å². The number of hydrogen-bond donors (Lipinski definition) is 7. The number of amides is 4. The van der Waals surface area contributed by atoms with E-state index in [0.717, 1.165) is 11.1 Å². The minimum Gasteiger partial charge on any atom is -0.493 e. The molecule has 7 rings (SSSR count). The van der Waals surface area contributed by atoms with Crippen LogP contribution >= 0.6 is 0 Å². The van der Waals surface area contributed by atoms with Gasteiger partial charge in [-0.25, -0.2) is 4.79 Å². The molecule has 2 bridgehead atoms. The Balaban J connectivity index is 1.07. The highest BCUT2D eigenvalue weighted by molar-refractivity contribution is 5.95. The number of carboxylic acids is 1. The zero-order chi connectivity index (χ0) is 38.7. The number of methoxy groups -OCH3 is 1. The summed E-state index contributed by atoms with van der Waals surface area (Å²) >= 11 is 0. The van der Waals surface area contributed by atoms with Crippen molar-refractivity contribution in [3.05, 3.63) is 23.3 Å². The number of rotatable bonds is 16. The number of benzene rings is 1. The Bertz CT molecular complexity index is 1730. The van der Waals surface area contributed by atoms with E-state index >= 15 is 0 Å². The van der Waals surface area contributed by atoms with Crippen LogP contribution in [0.1, 0.15) is 57.1 Å². The number of hydrogen-bond acceptors (Lipinski definition) is 11. The molecular weight excluding hydrogens is 692 g/mol. The molecule has 2 aliphatic heterocycles. The molecule has 4 fully saturated rings. The molecule has 1 aromatic carbocycles. The van der Waals surface area contributed by atoms with Gasteiger partial charge in [0.25, 0.3) is 0 Å². The molecular formula is C35H50N8O10. The Labute approximate surface area is 306 Å². The standard InChI is InChI=1S/C35H50N8O10/c1-32(2,16-40-29(48)19(7-6-10-38-30(36)37)41-24(45)14-39-23(44)12-25(46)47)17-42(3)31(49)52-21-13-33-15-34-26-18(11-22(43(33)4)35(33,34)50)8-9-20(51-5)27(26)53-28(21)34/h8-9,19,21-22,28,50H,6-7,10-17H2,1-5H3,(H,39,44)(H,40,48)(H,41,45)(H,46,47)(H4,36,37,38)/t19-,21?,22-,28+,33?,34+,35+/m1/s1. The van der Waals surface area contributed by atoms with Crippen molar-refractivity contribution < 1.29 is 48.4 Å². The molecule has 0 aromatic heterocycles. The van der Waals surface area contributed by atoms with Crippen molar-refractivity contribution in [2.75, 3.05) is 47.4 Å². The quantitative estimate of drug-likeness (QED) is 0.0443. The van der Waals surface area contributed by atoms with Gasteiger partial charge >= 0.3 is 12.1 Å². The van der Waals surface area contributed by atoms with E-state index in [1.807, 2.05) is 33.0 Å². The number of aliphatic carboxylic acids is 1. The number of aliphatic hydroxyl groups is 1. The number of carboxylic acid groups (broad SMARTS) is 1. The Kier molecular flexibility index (Phi) is 9.68. The maximum atomic E-state index is 13.7. The zero-order valence-electron chi connectivity index (χ0n) is 30.7. The molecule has 1 saturated heterocycles. The van der Waals surface area contributed by atoms with Gasteiger partial charge in [0.2, 0.25) is 17.7 Å². The summed E-state index contributed by atoms with van der Waals surface area (Å²) in [7, 11) is 5.23. The van der Waals surface area contributed by atoms with Crippen LogP contribution in [0.3, 0.4) is 0 Å². The zero-order valence-corrected chi connectivity index (χ0v) is 30.7. The molecule has 3 saturated carbocycles. The molecule has 2 heterocycles. The first kappa shape index (κ1) is 37.9. The normalized spacial score (nSPS) is 28.8. The van der Waals surface area contributed by atoms with Crippen LogP contribution in [0.15, 0.2) is 17.1 Å². The van der Waals surface area contributed by atoms with Crippen LogP contribution in [0.5, 0.6) is 11.5 Å². The van der Waals surface area contributed by atoms with E-state index < -0.39 is 83.0 Å². The molecule has 1 aromatic rings. The summed E-state index contributed by atoms with van der Waals surface area (Å²) < 4.78 is 18.4. The van der Waals surface area contributed by atoms with Gasteiger partial charge in [-0.3, -0.25) is 29.1 Å². The average molecular weight is 743 g/mol. The Morgan fingerprint density at radius 3 is 2.60 bits per heavy atom. The van der Waals surface area contributed by atoms with Gasteiger partial charge < -0.3 is 56.7 Å². The molecule has 18 nitrogen and oxygen atoms in total. The van der Waals surface area contributed by atoms with Gasteiger partial charge in [0, 0.05) is 44.7 Å². The van der Waals surface area contributed by atoms with Crippen molar-refractivity contribution in [2.24, 2.45) is 21.9 Å². The summed E-state index contributed by atoms with van der Waals surface area (Å²) in [5.41, 5.74) is 10.0. The maximum Gasteiger partial charge on any atom is 0.409 e. The van der Waals surface area contributed by atoms with Gasteiger partial charge in [-0.15, -0.1) is 0 Å². The van der Waals surface area contributed by atoms with Crippen LogP contribution in [0.2, 0.25) is 0 Å². The number of likely N-dealkylation sites (tertiary alicyclic amines) is 1. The van der Waals surface area contributed by atoms with Crippen LogP contribution in [-0.4, -0.2) is 139 Å². The van der Waals surface area contributed by atoms with Crippen molar-refractivity contribution in [3.8, 4) is 11.5 Å². The molecule has 2 spiro atoms. The van der Waals surface area contributed by atoms with Crippen LogP contribution < -0.4 is 36.9 Å². The minimum absolute atomic E-state index is 0.0552. The molecule has 6 aliphatic rings. The third kappa shape index (κ3) is 6.04. The first-order valence-electron chi connectivity index (χ1n) is 17.8. The van der Waals surface area contributed by atoms with E-state index in [4.69, 9.17) is 30.8 Å². The van der Waals surface area contributed by atoms with Crippen LogP contribution in [0, 0.1) is 5.41 Å². The van der Waals surface area contributed by atoms with Crippen molar-refractivity contribution in [1.82, 2.24) is 25.8 Å². The molecule has 18 heteroatoms. The fourth-order valence-electron chi connectivity index (χ4n) is 9.69. The van der Waals surface area contributed by atoms with E-state index in [1.54, 1.807) is 14.2 Å². The number of piperidine rings is 1. The molecule has 0 radical (unpaired) electrons. The monoisotopic (exact) mass is 742 g/mol. The van der Waals surface area contributed by atoms with Crippen LogP contribution in [0.25, 0.3) is 0 Å². The summed E-state index contributed by atoms with van der Waals surface area (Å²) in [5.74, 6) is -2.29. The number of carbonyl (C=O) groups is 5. The molecule has 7 atom stereocenters. The van der Waals surface area contributed by atoms with Crippen molar-refractivity contribution >= 4 is 35.7 Å². The first-order valence-corrected chi connectivity index (χ1v) is 17.8. The third-order valence-corrected chi connectivity index (χ3v) is 11.8. The number of nitrogens with two attached hydrogens (primary N) is 2. The highest BCUT2D eigenvalue weighted by Gasteiger charge is 2.94. The maximum absolute atomic E-state index is 13.7. The lowest BCUT2D eigenvalue weighted by Crippen LogP contribution is -3.02. The van der Waals surface area contributed by atoms with Gasteiger partial charge in [-0.05, 0) is 49.8 Å². The number of nitrogens with zero attached hydrogens (tertiary/aromatic N) is 3. The minimum atomic E-state index is -1.34. The summed E-state index contributed by atoms with van der Waals surface area (Å²) in [4.78, 5) is 69.5. The lowest BCUT2D eigenvalue weighted by molar-refractivity contribution is -0.402. The fraction of sp³-hybridized carbons (Fsp3) is 0.657. The Morgan fingerprint density at radius 2 is 1.92 bits per heavy atom. The van der Waals surface area contributed by atoms with Gasteiger partial charge in [-0.2, -0.15) is 0 Å². The van der Waals surface area contributed by atoms with E-state index in [1.165, 1.54) is 4.90 Å². The Morgan fingerprint density at radius 1 is 1.19 bits per heavy atom. The fourth-order valence-corrected chi connectivity index (χ4v) is 9.69. The SMILES string of the molecule is COc1ccc2c3c1O[C@H]1C(OC(=O)N(C)CC(C)(C)CNC(=O)[C@@H](CCCN=C(N)N)NC(=O)CNC(=O)CC(=O)O)CC45C[C@]31[C@]4(O)[C@@H](C2)N5C. The molecule has 9 N–H and O–H groups in total. The highest BCUT2D eigenvalue weighted by Crippen LogP contribution is 2.80. The molecule has 290 valence electrons. The topological polar surface area (TPSA) is 260 Å². The van der Waals surface area contributed by atoms with Crippen LogP contribution in [0.4, 0.5) is 4.79 Å². The number of aliphatic imine (C=N–C) groups is 1.